The molecule has 1 saturated heterocycles. The van der Waals surface area contributed by atoms with Gasteiger partial charge < -0.3 is 24.1 Å². The largest absolute Gasteiger partial charge is 0.497 e. The van der Waals surface area contributed by atoms with Crippen LogP contribution >= 0.6 is 0 Å². The number of amides is 1. The number of hydrogen-bond acceptors (Lipinski definition) is 5. The van der Waals surface area contributed by atoms with Crippen molar-refractivity contribution < 1.29 is 18.7 Å². The van der Waals surface area contributed by atoms with E-state index >= 15 is 0 Å². The summed E-state index contributed by atoms with van der Waals surface area (Å²) >= 11 is 0. The van der Waals surface area contributed by atoms with E-state index in [0.29, 0.717) is 17.3 Å². The fraction of sp³-hybridized carbons (Fsp3) is 0.421. The molecule has 1 fully saturated rings. The molecule has 25 heavy (non-hydrogen) atoms. The minimum atomic E-state index is -0.165. The van der Waals surface area contributed by atoms with E-state index in [2.05, 4.69) is 17.3 Å². The highest BCUT2D eigenvalue weighted by Crippen LogP contribution is 2.20. The van der Waals surface area contributed by atoms with Crippen LogP contribution in [0, 0.1) is 0 Å². The highest BCUT2D eigenvalue weighted by molar-refractivity contribution is 5.91. The second kappa shape index (κ2) is 8.07. The van der Waals surface area contributed by atoms with E-state index in [-0.39, 0.29) is 18.6 Å². The Hall–Kier alpha value is -2.47. The highest BCUT2D eigenvalue weighted by Gasteiger charge is 2.20. The topological polar surface area (TPSA) is 63.9 Å². The zero-order valence-corrected chi connectivity index (χ0v) is 14.7. The molecule has 0 aliphatic carbocycles. The van der Waals surface area contributed by atoms with Crippen LogP contribution in [0.4, 0.5) is 0 Å². The Kier molecular flexibility index (Phi) is 5.60. The molecule has 0 unspecified atom stereocenters. The lowest BCUT2D eigenvalue weighted by atomic mass is 10.1. The van der Waals surface area contributed by atoms with Gasteiger partial charge in [0.15, 0.2) is 5.76 Å². The van der Waals surface area contributed by atoms with Crippen molar-refractivity contribution in [3.8, 4) is 11.5 Å². The number of nitrogens with zero attached hydrogens (tertiary/aromatic N) is 1. The average molecular weight is 344 g/mol. The van der Waals surface area contributed by atoms with Crippen LogP contribution in [-0.4, -0.2) is 44.1 Å². The maximum absolute atomic E-state index is 12.3. The minimum Gasteiger partial charge on any atom is -0.497 e. The van der Waals surface area contributed by atoms with Crippen LogP contribution in [0.5, 0.6) is 11.5 Å². The quantitative estimate of drug-likeness (QED) is 0.873. The fourth-order valence-electron chi connectivity index (χ4n) is 2.83. The van der Waals surface area contributed by atoms with Gasteiger partial charge >= 0.3 is 0 Å². The predicted molar refractivity (Wildman–Crippen MR) is 94.0 cm³/mol. The number of ether oxygens (including phenoxy) is 2. The lowest BCUT2D eigenvalue weighted by Crippen LogP contribution is -2.43. The molecule has 1 aromatic carbocycles. The van der Waals surface area contributed by atoms with Crippen LogP contribution in [0.1, 0.15) is 29.2 Å². The van der Waals surface area contributed by atoms with Crippen LogP contribution in [0.2, 0.25) is 0 Å². The van der Waals surface area contributed by atoms with Crippen molar-refractivity contribution >= 4 is 5.91 Å². The molecule has 1 aliphatic rings. The number of carbonyl (C=O) groups excluding carboxylic acids is 1. The van der Waals surface area contributed by atoms with E-state index in [1.165, 1.54) is 0 Å². The van der Waals surface area contributed by atoms with Gasteiger partial charge in [-0.05, 0) is 57.2 Å². The molecule has 134 valence electrons. The van der Waals surface area contributed by atoms with E-state index in [0.717, 1.165) is 31.7 Å². The van der Waals surface area contributed by atoms with Crippen molar-refractivity contribution in [1.82, 2.24) is 10.2 Å². The molecule has 2 heterocycles. The van der Waals surface area contributed by atoms with Gasteiger partial charge in [-0.15, -0.1) is 0 Å². The summed E-state index contributed by atoms with van der Waals surface area (Å²) in [7, 11) is 3.71. The Morgan fingerprint density at radius 2 is 2.00 bits per heavy atom. The average Bonchev–Trinajstić information content (AvgIpc) is 3.11. The van der Waals surface area contributed by atoms with Gasteiger partial charge in [-0.3, -0.25) is 4.79 Å². The van der Waals surface area contributed by atoms with Gasteiger partial charge in [0.05, 0.1) is 7.11 Å². The minimum absolute atomic E-state index is 0.165. The standard InChI is InChI=1S/C19H24N2O4/c1-21-10-8-14(9-11-21)20-19(22)18-7-6-17(25-18)13-24-16-5-3-4-15(12-16)23-2/h3-7,12,14H,8-11,13H2,1-2H3,(H,20,22). The lowest BCUT2D eigenvalue weighted by molar-refractivity contribution is 0.0884. The van der Waals surface area contributed by atoms with Gasteiger partial charge in [0.1, 0.15) is 23.9 Å². The first-order valence-corrected chi connectivity index (χ1v) is 8.49. The summed E-state index contributed by atoms with van der Waals surface area (Å²) in [5, 5.41) is 3.04. The van der Waals surface area contributed by atoms with E-state index in [9.17, 15) is 4.79 Å². The zero-order chi connectivity index (χ0) is 17.6. The van der Waals surface area contributed by atoms with Gasteiger partial charge in [0.25, 0.3) is 5.91 Å². The molecule has 0 radical (unpaired) electrons. The van der Waals surface area contributed by atoms with Crippen LogP contribution in [-0.2, 0) is 6.61 Å². The molecule has 1 amide bonds. The first kappa shape index (κ1) is 17.4. The number of piperidine rings is 1. The van der Waals surface area contributed by atoms with Crippen LogP contribution in [0.15, 0.2) is 40.8 Å². The summed E-state index contributed by atoms with van der Waals surface area (Å²) in [6.07, 6.45) is 1.93. The van der Waals surface area contributed by atoms with Crippen molar-refractivity contribution in [3.05, 3.63) is 47.9 Å². The first-order chi connectivity index (χ1) is 12.1. The Morgan fingerprint density at radius 1 is 1.24 bits per heavy atom. The third-order valence-electron chi connectivity index (χ3n) is 4.36. The number of carbonyl (C=O) groups is 1. The lowest BCUT2D eigenvalue weighted by Gasteiger charge is -2.29. The van der Waals surface area contributed by atoms with Crippen molar-refractivity contribution in [2.75, 3.05) is 27.2 Å². The summed E-state index contributed by atoms with van der Waals surface area (Å²) < 4.78 is 16.4. The molecule has 0 saturated carbocycles. The molecular formula is C19H24N2O4. The fourth-order valence-corrected chi connectivity index (χ4v) is 2.83. The molecule has 6 nitrogen and oxygen atoms in total. The summed E-state index contributed by atoms with van der Waals surface area (Å²) in [5.74, 6) is 2.19. The van der Waals surface area contributed by atoms with E-state index in [4.69, 9.17) is 13.9 Å². The second-order valence-electron chi connectivity index (χ2n) is 6.28. The molecule has 3 rings (SSSR count). The van der Waals surface area contributed by atoms with Gasteiger partial charge in [0.2, 0.25) is 0 Å². The smallest absolute Gasteiger partial charge is 0.287 e. The second-order valence-corrected chi connectivity index (χ2v) is 6.28. The first-order valence-electron chi connectivity index (χ1n) is 8.49. The van der Waals surface area contributed by atoms with Crippen molar-refractivity contribution in [2.45, 2.75) is 25.5 Å². The number of hydrogen-bond donors (Lipinski definition) is 1. The molecule has 0 spiro atoms. The van der Waals surface area contributed by atoms with E-state index in [1.54, 1.807) is 25.3 Å². The molecule has 2 aromatic rings. The molecule has 1 aromatic heterocycles. The van der Waals surface area contributed by atoms with Gasteiger partial charge in [0, 0.05) is 12.1 Å². The summed E-state index contributed by atoms with van der Waals surface area (Å²) in [6.45, 7) is 2.26. The summed E-state index contributed by atoms with van der Waals surface area (Å²) in [6, 6.07) is 11.0. The third-order valence-corrected chi connectivity index (χ3v) is 4.36. The van der Waals surface area contributed by atoms with E-state index < -0.39 is 0 Å². The number of rotatable bonds is 6. The van der Waals surface area contributed by atoms with Crippen molar-refractivity contribution in [1.29, 1.82) is 0 Å². The molecule has 0 bridgehead atoms. The monoisotopic (exact) mass is 344 g/mol. The molecule has 6 heteroatoms. The molecule has 1 N–H and O–H groups in total. The Morgan fingerprint density at radius 3 is 2.76 bits per heavy atom. The summed E-state index contributed by atoms with van der Waals surface area (Å²) in [4.78, 5) is 14.6. The highest BCUT2D eigenvalue weighted by atomic mass is 16.5. The molecule has 1 aliphatic heterocycles. The van der Waals surface area contributed by atoms with E-state index in [1.807, 2.05) is 18.2 Å². The Labute approximate surface area is 147 Å². The normalized spacial score (nSPS) is 15.8. The zero-order valence-electron chi connectivity index (χ0n) is 14.7. The Bertz CT molecular complexity index is 705. The number of furan rings is 1. The number of nitrogens with one attached hydrogen (secondary N) is 1. The predicted octanol–water partition coefficient (Wildman–Crippen LogP) is 2.69. The third kappa shape index (κ3) is 4.76. The van der Waals surface area contributed by atoms with Gasteiger partial charge in [-0.25, -0.2) is 0 Å². The van der Waals surface area contributed by atoms with Crippen LogP contribution < -0.4 is 14.8 Å². The Balaban J connectivity index is 1.52. The maximum atomic E-state index is 12.3. The summed E-state index contributed by atoms with van der Waals surface area (Å²) in [5.41, 5.74) is 0. The molecular weight excluding hydrogens is 320 g/mol. The van der Waals surface area contributed by atoms with Gasteiger partial charge in [-0.2, -0.15) is 0 Å². The maximum Gasteiger partial charge on any atom is 0.287 e. The molecule has 0 atom stereocenters. The van der Waals surface area contributed by atoms with Gasteiger partial charge in [-0.1, -0.05) is 6.07 Å². The number of likely N-dealkylation sites (tertiary alicyclic amines) is 1. The van der Waals surface area contributed by atoms with Crippen LogP contribution in [0.3, 0.4) is 0 Å². The van der Waals surface area contributed by atoms with Crippen molar-refractivity contribution in [2.24, 2.45) is 0 Å². The SMILES string of the molecule is COc1cccc(OCc2ccc(C(=O)NC3CCN(C)CC3)o2)c1. The number of methoxy groups -OCH3 is 1. The van der Waals surface area contributed by atoms with Crippen molar-refractivity contribution in [3.63, 3.8) is 0 Å². The number of benzene rings is 1. The van der Waals surface area contributed by atoms with Crippen LogP contribution in [0.25, 0.3) is 0 Å².